The Morgan fingerprint density at radius 1 is 1.04 bits per heavy atom. The Morgan fingerprint density at radius 2 is 1.75 bits per heavy atom. The zero-order valence-electron chi connectivity index (χ0n) is 17.4. The van der Waals surface area contributed by atoms with Gasteiger partial charge in [0.1, 0.15) is 0 Å². The van der Waals surface area contributed by atoms with Crippen molar-refractivity contribution in [2.24, 2.45) is 0 Å². The molecule has 0 aliphatic carbocycles. The Kier molecular flexibility index (Phi) is 7.03. The molecule has 1 heterocycles. The van der Waals surface area contributed by atoms with Crippen LogP contribution in [0.25, 0.3) is 0 Å². The first-order valence-electron chi connectivity index (χ1n) is 10.4. The fourth-order valence-corrected chi connectivity index (χ4v) is 4.89. The Labute approximate surface area is 173 Å². The van der Waals surface area contributed by atoms with Gasteiger partial charge in [-0.3, -0.25) is 9.69 Å². The molecule has 1 aliphatic heterocycles. The van der Waals surface area contributed by atoms with Crippen LogP contribution in [-0.4, -0.2) is 36.6 Å². The first-order chi connectivity index (χ1) is 13.6. The van der Waals surface area contributed by atoms with Gasteiger partial charge in [-0.05, 0) is 56.3 Å². The highest BCUT2D eigenvalue weighted by atomic mass is 32.2. The molecule has 0 aromatic heterocycles. The minimum Gasteiger partial charge on any atom is -0.352 e. The summed E-state index contributed by atoms with van der Waals surface area (Å²) in [5.41, 5.74) is 3.09. The molecule has 0 saturated heterocycles. The first kappa shape index (κ1) is 20.7. The molecular weight excluding hydrogens is 366 g/mol. The normalized spacial score (nSPS) is 13.8. The van der Waals surface area contributed by atoms with Crippen molar-refractivity contribution in [2.75, 3.05) is 24.5 Å². The van der Waals surface area contributed by atoms with Gasteiger partial charge in [0.05, 0.1) is 17.5 Å². The monoisotopic (exact) mass is 397 g/mol. The van der Waals surface area contributed by atoms with Gasteiger partial charge in [0.25, 0.3) is 5.91 Å². The van der Waals surface area contributed by atoms with Gasteiger partial charge < -0.3 is 10.2 Å². The Balaban J connectivity index is 2.09. The smallest absolute Gasteiger partial charge is 0.251 e. The summed E-state index contributed by atoms with van der Waals surface area (Å²) in [5, 5.41) is 3.00. The van der Waals surface area contributed by atoms with E-state index in [1.54, 1.807) is 11.8 Å². The summed E-state index contributed by atoms with van der Waals surface area (Å²) in [6.07, 6.45) is 2.20. The fourth-order valence-electron chi connectivity index (χ4n) is 3.83. The van der Waals surface area contributed by atoms with Crippen molar-refractivity contribution >= 4 is 29.0 Å². The molecule has 3 rings (SSSR count). The number of nitrogens with one attached hydrogen (secondary N) is 1. The van der Waals surface area contributed by atoms with Crippen LogP contribution in [0.3, 0.4) is 0 Å². The van der Waals surface area contributed by atoms with Crippen molar-refractivity contribution in [2.45, 2.75) is 56.5 Å². The first-order valence-corrected chi connectivity index (χ1v) is 11.2. The second-order valence-electron chi connectivity index (χ2n) is 6.99. The van der Waals surface area contributed by atoms with Gasteiger partial charge in [-0.25, -0.2) is 0 Å². The summed E-state index contributed by atoms with van der Waals surface area (Å²) in [7, 11) is 0. The lowest BCUT2D eigenvalue weighted by Gasteiger charge is -2.43. The molecule has 150 valence electrons. The molecule has 5 heteroatoms. The van der Waals surface area contributed by atoms with Crippen molar-refractivity contribution in [3.63, 3.8) is 0 Å². The van der Waals surface area contributed by atoms with E-state index < -0.39 is 0 Å². The zero-order valence-corrected chi connectivity index (χ0v) is 18.2. The number of amides is 1. The number of carbonyl (C=O) groups excluding carboxylic acids is 1. The predicted octanol–water partition coefficient (Wildman–Crippen LogP) is 5.51. The minimum absolute atomic E-state index is 0.00402. The lowest BCUT2D eigenvalue weighted by Crippen LogP contribution is -2.46. The van der Waals surface area contributed by atoms with E-state index in [0.717, 1.165) is 37.2 Å². The molecule has 28 heavy (non-hydrogen) atoms. The summed E-state index contributed by atoms with van der Waals surface area (Å²) >= 11 is 1.79. The largest absolute Gasteiger partial charge is 0.352 e. The molecule has 2 aromatic rings. The van der Waals surface area contributed by atoms with Crippen LogP contribution in [-0.2, 0) is 0 Å². The highest BCUT2D eigenvalue weighted by molar-refractivity contribution is 7.99. The summed E-state index contributed by atoms with van der Waals surface area (Å²) in [6.45, 7) is 11.4. The molecule has 0 spiro atoms. The summed E-state index contributed by atoms with van der Waals surface area (Å²) in [5.74, 6) is 0.00402. The number of hydrogen-bond acceptors (Lipinski definition) is 4. The molecule has 1 aliphatic rings. The molecule has 4 nitrogen and oxygen atoms in total. The maximum atomic E-state index is 12.6. The summed E-state index contributed by atoms with van der Waals surface area (Å²) in [4.78, 5) is 20.0. The van der Waals surface area contributed by atoms with Crippen LogP contribution in [0.1, 0.15) is 50.9 Å². The van der Waals surface area contributed by atoms with E-state index in [0.29, 0.717) is 6.54 Å². The quantitative estimate of drug-likeness (QED) is 0.637. The van der Waals surface area contributed by atoms with E-state index in [4.69, 9.17) is 0 Å². The third kappa shape index (κ3) is 4.06. The zero-order chi connectivity index (χ0) is 20.1. The van der Waals surface area contributed by atoms with E-state index in [1.807, 2.05) is 6.07 Å². The van der Waals surface area contributed by atoms with Crippen molar-refractivity contribution in [1.82, 2.24) is 10.2 Å². The van der Waals surface area contributed by atoms with Crippen LogP contribution < -0.4 is 10.2 Å². The maximum Gasteiger partial charge on any atom is 0.251 e. The van der Waals surface area contributed by atoms with E-state index in [2.05, 4.69) is 79.2 Å². The second-order valence-corrected chi connectivity index (χ2v) is 8.07. The molecule has 1 unspecified atom stereocenters. The summed E-state index contributed by atoms with van der Waals surface area (Å²) < 4.78 is 0. The van der Waals surface area contributed by atoms with Gasteiger partial charge in [0.15, 0.2) is 0 Å². The fraction of sp³-hybridized carbons (Fsp3) is 0.435. The summed E-state index contributed by atoms with van der Waals surface area (Å²) in [6, 6.07) is 14.7. The Morgan fingerprint density at radius 3 is 2.43 bits per heavy atom. The lowest BCUT2D eigenvalue weighted by atomic mass is 10.1. The number of nitrogens with zero attached hydrogens (tertiary/aromatic N) is 2. The van der Waals surface area contributed by atoms with E-state index in [9.17, 15) is 4.79 Å². The molecule has 0 saturated carbocycles. The maximum absolute atomic E-state index is 12.6. The number of carbonyl (C=O) groups is 1. The minimum atomic E-state index is 0.00402. The number of rotatable bonds is 8. The number of fused-ring (bicyclic) bond motifs is 2. The number of anilines is 2. The van der Waals surface area contributed by atoms with Crippen LogP contribution in [0.5, 0.6) is 0 Å². The van der Waals surface area contributed by atoms with Gasteiger partial charge in [-0.2, -0.15) is 0 Å². The number of hydrogen-bond donors (Lipinski definition) is 1. The van der Waals surface area contributed by atoms with Crippen LogP contribution in [0.2, 0.25) is 0 Å². The molecule has 1 atom stereocenters. The molecule has 2 aromatic carbocycles. The number of benzene rings is 2. The Hall–Kier alpha value is -1.98. The van der Waals surface area contributed by atoms with Gasteiger partial charge in [0, 0.05) is 21.9 Å². The van der Waals surface area contributed by atoms with Crippen LogP contribution in [0.15, 0.2) is 52.3 Å². The van der Waals surface area contributed by atoms with Gasteiger partial charge >= 0.3 is 0 Å². The molecule has 0 fully saturated rings. The van der Waals surface area contributed by atoms with Crippen molar-refractivity contribution in [3.8, 4) is 0 Å². The molecular formula is C23H31N3OS. The Bertz CT molecular complexity index is 819. The second kappa shape index (κ2) is 9.48. The van der Waals surface area contributed by atoms with E-state index in [1.165, 1.54) is 15.5 Å². The lowest BCUT2D eigenvalue weighted by molar-refractivity contribution is 0.0953. The molecule has 1 N–H and O–H groups in total. The van der Waals surface area contributed by atoms with Crippen molar-refractivity contribution in [3.05, 3.63) is 48.0 Å². The van der Waals surface area contributed by atoms with Gasteiger partial charge in [-0.15, -0.1) is 0 Å². The predicted molar refractivity (Wildman–Crippen MR) is 119 cm³/mol. The average molecular weight is 398 g/mol. The van der Waals surface area contributed by atoms with Crippen molar-refractivity contribution < 1.29 is 4.79 Å². The number of para-hydroxylation sites is 1. The van der Waals surface area contributed by atoms with Crippen LogP contribution in [0.4, 0.5) is 11.4 Å². The van der Waals surface area contributed by atoms with Crippen LogP contribution in [0, 0.1) is 0 Å². The molecule has 1 amide bonds. The van der Waals surface area contributed by atoms with Crippen molar-refractivity contribution in [1.29, 1.82) is 0 Å². The SMILES string of the molecule is CCCNC(=O)c1ccc2c(c1)N(C(CC)N(CC)CC)c1ccccc1S2. The van der Waals surface area contributed by atoms with E-state index in [-0.39, 0.29) is 12.1 Å². The molecule has 0 bridgehead atoms. The third-order valence-electron chi connectivity index (χ3n) is 5.26. The highest BCUT2D eigenvalue weighted by Crippen LogP contribution is 2.49. The molecule has 0 radical (unpaired) electrons. The van der Waals surface area contributed by atoms with E-state index >= 15 is 0 Å². The third-order valence-corrected chi connectivity index (χ3v) is 6.39. The van der Waals surface area contributed by atoms with Gasteiger partial charge in [-0.1, -0.05) is 51.6 Å². The highest BCUT2D eigenvalue weighted by Gasteiger charge is 2.31. The topological polar surface area (TPSA) is 35.6 Å². The van der Waals surface area contributed by atoms with Crippen LogP contribution >= 0.6 is 11.8 Å². The average Bonchev–Trinajstić information content (AvgIpc) is 2.74. The van der Waals surface area contributed by atoms with Gasteiger partial charge in [0.2, 0.25) is 0 Å². The standard InChI is InChI=1S/C23H31N3OS/c1-5-15-24-23(27)17-13-14-21-19(16-17)26(22(6-2)25(7-3)8-4)18-11-9-10-12-20(18)28-21/h9-14,16,22H,5-8,15H2,1-4H3,(H,24,27).